The second kappa shape index (κ2) is 5.82. The molecule has 24 heavy (non-hydrogen) atoms. The highest BCUT2D eigenvalue weighted by Gasteiger charge is 2.31. The number of hydrogen-bond donors (Lipinski definition) is 1. The molecule has 2 aromatic heterocycles. The number of rotatable bonds is 3. The third-order valence-corrected chi connectivity index (χ3v) is 4.45. The summed E-state index contributed by atoms with van der Waals surface area (Å²) in [5.74, 6) is -0.795. The van der Waals surface area contributed by atoms with Gasteiger partial charge in [-0.05, 0) is 25.1 Å². The van der Waals surface area contributed by atoms with E-state index in [0.29, 0.717) is 4.88 Å². The highest BCUT2D eigenvalue weighted by Crippen LogP contribution is 2.29. The maximum Gasteiger partial charge on any atom is 0.573 e. The lowest BCUT2D eigenvalue weighted by molar-refractivity contribution is -0.274. The SMILES string of the molecule is Cc1nn(C)c2sc(C(=O)Nc3cccc(OC(F)(F)F)c3)cc12. The molecule has 1 aromatic carbocycles. The number of ether oxygens (including phenoxy) is 1. The van der Waals surface area contributed by atoms with Crippen LogP contribution in [0.3, 0.4) is 0 Å². The van der Waals surface area contributed by atoms with E-state index >= 15 is 0 Å². The molecule has 9 heteroatoms. The predicted octanol–water partition coefficient (Wildman–Crippen LogP) is 4.09. The van der Waals surface area contributed by atoms with Crippen molar-refractivity contribution in [3.8, 4) is 5.75 Å². The summed E-state index contributed by atoms with van der Waals surface area (Å²) >= 11 is 1.26. The van der Waals surface area contributed by atoms with Crippen LogP contribution in [0.4, 0.5) is 18.9 Å². The lowest BCUT2D eigenvalue weighted by Gasteiger charge is -2.10. The van der Waals surface area contributed by atoms with Crippen molar-refractivity contribution >= 4 is 33.1 Å². The van der Waals surface area contributed by atoms with E-state index in [1.165, 1.54) is 23.5 Å². The summed E-state index contributed by atoms with van der Waals surface area (Å²) in [6.45, 7) is 1.84. The van der Waals surface area contributed by atoms with Crippen LogP contribution in [-0.2, 0) is 7.05 Å². The van der Waals surface area contributed by atoms with Crippen molar-refractivity contribution in [3.05, 3.63) is 40.9 Å². The first-order chi connectivity index (χ1) is 11.2. The lowest BCUT2D eigenvalue weighted by Crippen LogP contribution is -2.17. The molecule has 0 spiro atoms. The van der Waals surface area contributed by atoms with E-state index in [2.05, 4.69) is 15.2 Å². The molecule has 0 aliphatic rings. The summed E-state index contributed by atoms with van der Waals surface area (Å²) < 4.78 is 42.2. The Hall–Kier alpha value is -2.55. The molecule has 0 radical (unpaired) electrons. The minimum Gasteiger partial charge on any atom is -0.406 e. The Morgan fingerprint density at radius 3 is 2.75 bits per heavy atom. The summed E-state index contributed by atoms with van der Waals surface area (Å²) in [5.41, 5.74) is 1.03. The number of amides is 1. The molecule has 0 bridgehead atoms. The molecular formula is C15H12F3N3O2S. The Labute approximate surface area is 138 Å². The number of nitrogens with one attached hydrogen (secondary N) is 1. The van der Waals surface area contributed by atoms with Crippen molar-refractivity contribution in [1.82, 2.24) is 9.78 Å². The number of nitrogens with zero attached hydrogens (tertiary/aromatic N) is 2. The minimum absolute atomic E-state index is 0.217. The van der Waals surface area contributed by atoms with Crippen LogP contribution in [0.5, 0.6) is 5.75 Å². The van der Waals surface area contributed by atoms with Crippen molar-refractivity contribution in [2.24, 2.45) is 7.05 Å². The molecule has 126 valence electrons. The van der Waals surface area contributed by atoms with E-state index in [0.717, 1.165) is 28.0 Å². The van der Waals surface area contributed by atoms with Crippen LogP contribution in [-0.4, -0.2) is 22.1 Å². The average Bonchev–Trinajstić information content (AvgIpc) is 3.00. The fourth-order valence-corrected chi connectivity index (χ4v) is 3.30. The molecule has 0 fully saturated rings. The zero-order valence-corrected chi connectivity index (χ0v) is 13.5. The van der Waals surface area contributed by atoms with Gasteiger partial charge in [0.05, 0.1) is 10.6 Å². The largest absolute Gasteiger partial charge is 0.573 e. The maximum atomic E-state index is 12.3. The molecular weight excluding hydrogens is 343 g/mol. The topological polar surface area (TPSA) is 56.2 Å². The number of carbonyl (C=O) groups excluding carboxylic acids is 1. The average molecular weight is 355 g/mol. The predicted molar refractivity (Wildman–Crippen MR) is 84.4 cm³/mol. The van der Waals surface area contributed by atoms with Gasteiger partial charge in [-0.2, -0.15) is 5.10 Å². The van der Waals surface area contributed by atoms with Gasteiger partial charge in [0.1, 0.15) is 10.6 Å². The van der Waals surface area contributed by atoms with Crippen LogP contribution in [0.1, 0.15) is 15.4 Å². The summed E-state index contributed by atoms with van der Waals surface area (Å²) in [6, 6.07) is 6.85. The van der Waals surface area contributed by atoms with Gasteiger partial charge >= 0.3 is 6.36 Å². The number of hydrogen-bond acceptors (Lipinski definition) is 4. The zero-order valence-electron chi connectivity index (χ0n) is 12.6. The van der Waals surface area contributed by atoms with E-state index in [9.17, 15) is 18.0 Å². The Kier molecular flexibility index (Phi) is 3.96. The second-order valence-corrected chi connectivity index (χ2v) is 6.10. The molecule has 0 aliphatic heterocycles. The van der Waals surface area contributed by atoms with Gasteiger partial charge in [-0.15, -0.1) is 24.5 Å². The Balaban J connectivity index is 1.81. The van der Waals surface area contributed by atoms with Gasteiger partial charge in [-0.25, -0.2) is 0 Å². The van der Waals surface area contributed by atoms with E-state index in [1.54, 1.807) is 17.8 Å². The van der Waals surface area contributed by atoms with E-state index in [4.69, 9.17) is 0 Å². The Morgan fingerprint density at radius 1 is 1.33 bits per heavy atom. The van der Waals surface area contributed by atoms with E-state index in [-0.39, 0.29) is 5.69 Å². The minimum atomic E-state index is -4.78. The number of thiophene rings is 1. The number of anilines is 1. The summed E-state index contributed by atoms with van der Waals surface area (Å²) in [7, 11) is 1.78. The third-order valence-electron chi connectivity index (χ3n) is 3.25. The molecule has 0 saturated carbocycles. The normalized spacial score (nSPS) is 11.7. The van der Waals surface area contributed by atoms with Crippen molar-refractivity contribution in [2.45, 2.75) is 13.3 Å². The molecule has 3 aromatic rings. The number of carbonyl (C=O) groups is 1. The molecule has 2 heterocycles. The molecule has 1 amide bonds. The third kappa shape index (κ3) is 3.35. The Morgan fingerprint density at radius 2 is 2.08 bits per heavy atom. The summed E-state index contributed by atoms with van der Waals surface area (Å²) in [5, 5.41) is 7.70. The highest BCUT2D eigenvalue weighted by molar-refractivity contribution is 7.20. The molecule has 0 atom stereocenters. The molecule has 3 rings (SSSR count). The molecule has 0 saturated heterocycles. The number of fused-ring (bicyclic) bond motifs is 1. The molecule has 0 aliphatic carbocycles. The van der Waals surface area contributed by atoms with Crippen LogP contribution in [0.25, 0.3) is 10.2 Å². The fourth-order valence-electron chi connectivity index (χ4n) is 2.28. The number of alkyl halides is 3. The lowest BCUT2D eigenvalue weighted by atomic mass is 10.2. The first kappa shape index (κ1) is 16.3. The van der Waals surface area contributed by atoms with Crippen molar-refractivity contribution in [1.29, 1.82) is 0 Å². The van der Waals surface area contributed by atoms with Gasteiger partial charge in [-0.3, -0.25) is 9.48 Å². The number of aryl methyl sites for hydroxylation is 2. The zero-order chi connectivity index (χ0) is 17.5. The van der Waals surface area contributed by atoms with Crippen LogP contribution in [0.2, 0.25) is 0 Å². The van der Waals surface area contributed by atoms with Gasteiger partial charge in [0, 0.05) is 24.2 Å². The van der Waals surface area contributed by atoms with Gasteiger partial charge in [0.2, 0.25) is 0 Å². The number of halogens is 3. The summed E-state index contributed by atoms with van der Waals surface area (Å²) in [4.78, 5) is 13.6. The molecule has 0 unspecified atom stereocenters. The van der Waals surface area contributed by atoms with Gasteiger partial charge in [-0.1, -0.05) is 6.07 Å². The van der Waals surface area contributed by atoms with Crippen LogP contribution < -0.4 is 10.1 Å². The number of benzene rings is 1. The first-order valence-electron chi connectivity index (χ1n) is 6.83. The smallest absolute Gasteiger partial charge is 0.406 e. The van der Waals surface area contributed by atoms with Crippen molar-refractivity contribution in [3.63, 3.8) is 0 Å². The van der Waals surface area contributed by atoms with Crippen LogP contribution in [0, 0.1) is 6.92 Å². The summed E-state index contributed by atoms with van der Waals surface area (Å²) in [6.07, 6.45) is -4.78. The van der Waals surface area contributed by atoms with Gasteiger partial charge in [0.25, 0.3) is 5.91 Å². The molecule has 5 nitrogen and oxygen atoms in total. The first-order valence-corrected chi connectivity index (χ1v) is 7.65. The highest BCUT2D eigenvalue weighted by atomic mass is 32.1. The van der Waals surface area contributed by atoms with Crippen molar-refractivity contribution < 1.29 is 22.7 Å². The van der Waals surface area contributed by atoms with Gasteiger partial charge in [0.15, 0.2) is 0 Å². The monoisotopic (exact) mass is 355 g/mol. The maximum absolute atomic E-state index is 12.3. The Bertz CT molecular complexity index is 880. The standard InChI is InChI=1S/C15H12F3N3O2S/c1-8-11-7-12(24-14(11)21(2)20-8)13(22)19-9-4-3-5-10(6-9)23-15(16,17)18/h3-7H,1-2H3,(H,19,22). The molecule has 1 N–H and O–H groups in total. The quantitative estimate of drug-likeness (QED) is 0.770. The number of aromatic nitrogens is 2. The van der Waals surface area contributed by atoms with Gasteiger partial charge < -0.3 is 10.1 Å². The fraction of sp³-hybridized carbons (Fsp3) is 0.200. The van der Waals surface area contributed by atoms with E-state index < -0.39 is 18.0 Å². The van der Waals surface area contributed by atoms with Crippen LogP contribution >= 0.6 is 11.3 Å². The van der Waals surface area contributed by atoms with Crippen LogP contribution in [0.15, 0.2) is 30.3 Å². The van der Waals surface area contributed by atoms with Crippen molar-refractivity contribution in [2.75, 3.05) is 5.32 Å². The second-order valence-electron chi connectivity index (χ2n) is 5.07. The van der Waals surface area contributed by atoms with E-state index in [1.807, 2.05) is 6.92 Å².